The van der Waals surface area contributed by atoms with E-state index in [1.165, 1.54) is 55.2 Å². The highest BCUT2D eigenvalue weighted by atomic mass is 16.3. The number of aromatic hydroxyl groups is 1. The lowest BCUT2D eigenvalue weighted by atomic mass is 9.95. The van der Waals surface area contributed by atoms with Gasteiger partial charge in [-0.3, -0.25) is 0 Å². The van der Waals surface area contributed by atoms with Crippen molar-refractivity contribution in [1.29, 1.82) is 0 Å². The van der Waals surface area contributed by atoms with E-state index in [4.69, 9.17) is 0 Å². The van der Waals surface area contributed by atoms with Crippen LogP contribution < -0.4 is 0 Å². The van der Waals surface area contributed by atoms with Gasteiger partial charge in [0.1, 0.15) is 5.75 Å². The summed E-state index contributed by atoms with van der Waals surface area (Å²) < 4.78 is 0. The molecular weight excluding hydrogens is 256 g/mol. The van der Waals surface area contributed by atoms with Crippen LogP contribution in [0.5, 0.6) is 5.75 Å². The molecule has 0 aliphatic carbocycles. The monoisotopic (exact) mass is 282 g/mol. The van der Waals surface area contributed by atoms with Crippen molar-refractivity contribution in [2.75, 3.05) is 0 Å². The highest BCUT2D eigenvalue weighted by Crippen LogP contribution is 2.26. The lowest BCUT2D eigenvalue weighted by Crippen LogP contribution is -1.91. The third-order valence-corrected chi connectivity index (χ3v) is 4.00. The summed E-state index contributed by atoms with van der Waals surface area (Å²) in [6.45, 7) is 2.26. The lowest BCUT2D eigenvalue weighted by molar-refractivity contribution is 0.475. The molecule has 21 heavy (non-hydrogen) atoms. The molecule has 0 heterocycles. The lowest BCUT2D eigenvalue weighted by Gasteiger charge is -2.10. The molecule has 0 atom stereocenters. The van der Waals surface area contributed by atoms with Crippen LogP contribution in [0, 0.1) is 0 Å². The molecule has 0 aliphatic rings. The summed E-state index contributed by atoms with van der Waals surface area (Å²) in [7, 11) is 0. The molecule has 0 fully saturated rings. The predicted molar refractivity (Wildman–Crippen MR) is 90.6 cm³/mol. The third kappa shape index (κ3) is 4.93. The molecule has 2 aromatic carbocycles. The van der Waals surface area contributed by atoms with Crippen LogP contribution in [0.2, 0.25) is 0 Å². The number of rotatable bonds is 8. The fourth-order valence-electron chi connectivity index (χ4n) is 2.76. The summed E-state index contributed by atoms with van der Waals surface area (Å²) in [5, 5.41) is 9.42. The molecule has 1 N–H and O–H groups in total. The van der Waals surface area contributed by atoms with Gasteiger partial charge < -0.3 is 5.11 Å². The first kappa shape index (κ1) is 15.6. The fraction of sp³-hybridized carbons (Fsp3) is 0.400. The summed E-state index contributed by atoms with van der Waals surface area (Å²) in [5.74, 6) is 0.326. The molecule has 0 spiro atoms. The zero-order chi connectivity index (χ0) is 14.9. The van der Waals surface area contributed by atoms with E-state index >= 15 is 0 Å². The molecule has 0 saturated heterocycles. The van der Waals surface area contributed by atoms with E-state index in [1.807, 2.05) is 12.1 Å². The van der Waals surface area contributed by atoms with Gasteiger partial charge in [-0.25, -0.2) is 0 Å². The minimum Gasteiger partial charge on any atom is -0.508 e. The molecule has 1 nitrogen and oxygen atoms in total. The van der Waals surface area contributed by atoms with Crippen molar-refractivity contribution in [3.63, 3.8) is 0 Å². The molecule has 0 amide bonds. The van der Waals surface area contributed by atoms with E-state index in [9.17, 15) is 5.11 Å². The van der Waals surface area contributed by atoms with E-state index in [-0.39, 0.29) is 0 Å². The quantitative estimate of drug-likeness (QED) is 0.592. The fourth-order valence-corrected chi connectivity index (χ4v) is 2.76. The molecule has 0 saturated carbocycles. The van der Waals surface area contributed by atoms with Crippen LogP contribution in [0.4, 0.5) is 0 Å². The summed E-state index contributed by atoms with van der Waals surface area (Å²) in [4.78, 5) is 0. The Morgan fingerprint density at radius 1 is 0.762 bits per heavy atom. The largest absolute Gasteiger partial charge is 0.508 e. The second-order valence-corrected chi connectivity index (χ2v) is 5.72. The van der Waals surface area contributed by atoms with Crippen LogP contribution in [-0.4, -0.2) is 5.11 Å². The smallest absolute Gasteiger partial charge is 0.115 e. The highest BCUT2D eigenvalue weighted by Gasteiger charge is 2.04. The molecule has 0 aromatic heterocycles. The average molecular weight is 282 g/mol. The average Bonchev–Trinajstić information content (AvgIpc) is 2.52. The normalized spacial score (nSPS) is 10.7. The van der Waals surface area contributed by atoms with Crippen molar-refractivity contribution in [1.82, 2.24) is 0 Å². The van der Waals surface area contributed by atoms with Gasteiger partial charge in [-0.15, -0.1) is 0 Å². The van der Waals surface area contributed by atoms with Crippen LogP contribution in [0.3, 0.4) is 0 Å². The van der Waals surface area contributed by atoms with Gasteiger partial charge in [-0.2, -0.15) is 0 Å². The van der Waals surface area contributed by atoms with Crippen molar-refractivity contribution < 1.29 is 5.11 Å². The third-order valence-electron chi connectivity index (χ3n) is 4.00. The number of unbranched alkanes of at least 4 members (excludes halogenated alkanes) is 5. The first-order chi connectivity index (χ1) is 10.3. The van der Waals surface area contributed by atoms with E-state index < -0.39 is 0 Å². The standard InChI is InChI=1S/C20H26O/c1-2-3-4-5-6-7-10-17-11-8-9-12-20(17)18-13-15-19(21)16-14-18/h8-9,11-16,21H,2-7,10H2,1H3. The number of hydrogen-bond donors (Lipinski definition) is 1. The van der Waals surface area contributed by atoms with Crippen molar-refractivity contribution in [2.24, 2.45) is 0 Å². The number of hydrogen-bond acceptors (Lipinski definition) is 1. The molecule has 0 aliphatic heterocycles. The van der Waals surface area contributed by atoms with Crippen molar-refractivity contribution in [2.45, 2.75) is 51.9 Å². The number of benzene rings is 2. The zero-order valence-electron chi connectivity index (χ0n) is 13.0. The Morgan fingerprint density at radius 3 is 2.19 bits per heavy atom. The molecule has 2 rings (SSSR count). The van der Waals surface area contributed by atoms with Gasteiger partial charge in [0.15, 0.2) is 0 Å². The van der Waals surface area contributed by atoms with Crippen LogP contribution in [0.25, 0.3) is 11.1 Å². The SMILES string of the molecule is CCCCCCCCc1ccccc1-c1ccc(O)cc1. The van der Waals surface area contributed by atoms with Gasteiger partial charge in [-0.05, 0) is 41.7 Å². The Kier molecular flexibility index (Phi) is 6.33. The van der Waals surface area contributed by atoms with E-state index in [0.717, 1.165) is 6.42 Å². The van der Waals surface area contributed by atoms with E-state index in [2.05, 4.69) is 31.2 Å². The van der Waals surface area contributed by atoms with Crippen LogP contribution in [-0.2, 0) is 6.42 Å². The highest BCUT2D eigenvalue weighted by molar-refractivity contribution is 5.67. The minimum absolute atomic E-state index is 0.326. The molecule has 0 bridgehead atoms. The van der Waals surface area contributed by atoms with Gasteiger partial charge in [0, 0.05) is 0 Å². The number of aryl methyl sites for hydroxylation is 1. The second-order valence-electron chi connectivity index (χ2n) is 5.72. The van der Waals surface area contributed by atoms with Gasteiger partial charge in [0.05, 0.1) is 0 Å². The zero-order valence-corrected chi connectivity index (χ0v) is 13.0. The van der Waals surface area contributed by atoms with Crippen LogP contribution >= 0.6 is 0 Å². The Balaban J connectivity index is 1.95. The molecule has 0 radical (unpaired) electrons. The molecule has 2 aromatic rings. The Bertz CT molecular complexity index is 528. The van der Waals surface area contributed by atoms with Gasteiger partial charge in [0.2, 0.25) is 0 Å². The maximum absolute atomic E-state index is 9.42. The van der Waals surface area contributed by atoms with Crippen molar-refractivity contribution >= 4 is 0 Å². The summed E-state index contributed by atoms with van der Waals surface area (Å²) >= 11 is 0. The maximum Gasteiger partial charge on any atom is 0.115 e. The minimum atomic E-state index is 0.326. The molecule has 1 heteroatoms. The molecule has 112 valence electrons. The van der Waals surface area contributed by atoms with Crippen molar-refractivity contribution in [3.05, 3.63) is 54.1 Å². The first-order valence-electron chi connectivity index (χ1n) is 8.18. The number of phenols is 1. The Hall–Kier alpha value is -1.76. The summed E-state index contributed by atoms with van der Waals surface area (Å²) in [6.07, 6.45) is 9.13. The Labute approximate surface area is 128 Å². The number of phenolic OH excluding ortho intramolecular Hbond substituents is 1. The van der Waals surface area contributed by atoms with Crippen LogP contribution in [0.1, 0.15) is 51.0 Å². The predicted octanol–water partition coefficient (Wildman–Crippen LogP) is 5.96. The maximum atomic E-state index is 9.42. The first-order valence-corrected chi connectivity index (χ1v) is 8.18. The topological polar surface area (TPSA) is 20.2 Å². The molecule has 0 unspecified atom stereocenters. The van der Waals surface area contributed by atoms with Gasteiger partial charge in [-0.1, -0.05) is 75.4 Å². The van der Waals surface area contributed by atoms with Crippen molar-refractivity contribution in [3.8, 4) is 16.9 Å². The van der Waals surface area contributed by atoms with Crippen LogP contribution in [0.15, 0.2) is 48.5 Å². The summed E-state index contributed by atoms with van der Waals surface area (Å²) in [6, 6.07) is 16.1. The summed E-state index contributed by atoms with van der Waals surface area (Å²) in [5.41, 5.74) is 3.90. The van der Waals surface area contributed by atoms with E-state index in [0.29, 0.717) is 5.75 Å². The molecular formula is C20H26O. The second kappa shape index (κ2) is 8.51. The van der Waals surface area contributed by atoms with Gasteiger partial charge >= 0.3 is 0 Å². The Morgan fingerprint density at radius 2 is 1.43 bits per heavy atom. The van der Waals surface area contributed by atoms with E-state index in [1.54, 1.807) is 12.1 Å². The van der Waals surface area contributed by atoms with Gasteiger partial charge in [0.25, 0.3) is 0 Å².